The van der Waals surface area contributed by atoms with Crippen molar-refractivity contribution in [3.63, 3.8) is 0 Å². The molecule has 0 aliphatic heterocycles. The SMILES string of the molecule is O=C(O)c1ccc(Cl)cc1C(=O)O.[Na].[Na]. The molecule has 0 aromatic heterocycles. The topological polar surface area (TPSA) is 74.6 Å². The minimum absolute atomic E-state index is 0. The molecule has 2 N–H and O–H groups in total. The summed E-state index contributed by atoms with van der Waals surface area (Å²) in [5.41, 5.74) is -0.572. The first-order chi connectivity index (χ1) is 6.02. The molecule has 0 bridgehead atoms. The molecule has 4 nitrogen and oxygen atoms in total. The van der Waals surface area contributed by atoms with Gasteiger partial charge in [-0.2, -0.15) is 0 Å². The molecule has 0 heterocycles. The van der Waals surface area contributed by atoms with E-state index in [1.54, 1.807) is 0 Å². The largest absolute Gasteiger partial charge is 0.478 e. The van der Waals surface area contributed by atoms with Gasteiger partial charge in [-0.1, -0.05) is 11.6 Å². The maximum atomic E-state index is 10.6. The molecular formula is C8H5ClNa2O4. The van der Waals surface area contributed by atoms with Crippen LogP contribution in [0, 0.1) is 0 Å². The van der Waals surface area contributed by atoms with Gasteiger partial charge in [0.2, 0.25) is 0 Å². The molecule has 0 aliphatic rings. The fourth-order valence-corrected chi connectivity index (χ4v) is 1.05. The Morgan fingerprint density at radius 2 is 1.47 bits per heavy atom. The number of halogens is 1. The Labute approximate surface area is 135 Å². The van der Waals surface area contributed by atoms with Crippen LogP contribution in [0.1, 0.15) is 20.7 Å². The third-order valence-corrected chi connectivity index (χ3v) is 1.68. The normalized spacial score (nSPS) is 8.33. The molecule has 1 rings (SSSR count). The third kappa shape index (κ3) is 4.87. The summed E-state index contributed by atoms with van der Waals surface area (Å²) in [7, 11) is 0. The summed E-state index contributed by atoms with van der Waals surface area (Å²) in [5.74, 6) is -2.59. The average Bonchev–Trinajstić information content (AvgIpc) is 2.03. The predicted molar refractivity (Wildman–Crippen MR) is 56.9 cm³/mol. The van der Waals surface area contributed by atoms with Gasteiger partial charge in [-0.25, -0.2) is 9.59 Å². The summed E-state index contributed by atoms with van der Waals surface area (Å²) in [5, 5.41) is 17.4. The molecular weight excluding hydrogens is 242 g/mol. The maximum Gasteiger partial charge on any atom is 0.336 e. The van der Waals surface area contributed by atoms with Gasteiger partial charge in [-0.3, -0.25) is 0 Å². The van der Waals surface area contributed by atoms with E-state index in [1.807, 2.05) is 0 Å². The third-order valence-electron chi connectivity index (χ3n) is 1.44. The minimum atomic E-state index is -1.31. The number of carbonyl (C=O) groups is 2. The van der Waals surface area contributed by atoms with E-state index in [0.717, 1.165) is 12.1 Å². The first kappa shape index (κ1) is 17.8. The molecule has 0 saturated carbocycles. The van der Waals surface area contributed by atoms with Crippen LogP contribution in [0.25, 0.3) is 0 Å². The van der Waals surface area contributed by atoms with E-state index in [4.69, 9.17) is 21.8 Å². The van der Waals surface area contributed by atoms with E-state index >= 15 is 0 Å². The first-order valence-corrected chi connectivity index (χ1v) is 3.66. The second kappa shape index (κ2) is 7.68. The number of rotatable bonds is 2. The Bertz CT molecular complexity index is 381. The Hall–Kier alpha value is 0.450. The summed E-state index contributed by atoms with van der Waals surface area (Å²) in [6.45, 7) is 0. The molecule has 15 heavy (non-hydrogen) atoms. The van der Waals surface area contributed by atoms with Crippen LogP contribution in [-0.2, 0) is 0 Å². The smallest absolute Gasteiger partial charge is 0.336 e. The van der Waals surface area contributed by atoms with Crippen LogP contribution in [0.3, 0.4) is 0 Å². The zero-order valence-corrected chi connectivity index (χ0v) is 13.1. The van der Waals surface area contributed by atoms with Gasteiger partial charge in [0.25, 0.3) is 0 Å². The van der Waals surface area contributed by atoms with Crippen LogP contribution in [0.4, 0.5) is 0 Å². The number of hydrogen-bond acceptors (Lipinski definition) is 2. The Morgan fingerprint density at radius 1 is 1.00 bits per heavy atom. The summed E-state index contributed by atoms with van der Waals surface area (Å²) >= 11 is 5.51. The van der Waals surface area contributed by atoms with Crippen LogP contribution in [0.2, 0.25) is 5.02 Å². The van der Waals surface area contributed by atoms with Gasteiger partial charge in [-0.15, -0.1) is 0 Å². The van der Waals surface area contributed by atoms with Gasteiger partial charge in [0.05, 0.1) is 11.1 Å². The van der Waals surface area contributed by atoms with Crippen molar-refractivity contribution < 1.29 is 19.8 Å². The van der Waals surface area contributed by atoms with Crippen molar-refractivity contribution in [1.29, 1.82) is 0 Å². The zero-order chi connectivity index (χ0) is 10.0. The van der Waals surface area contributed by atoms with Crippen LogP contribution in [-0.4, -0.2) is 81.3 Å². The molecule has 0 atom stereocenters. The maximum absolute atomic E-state index is 10.6. The van der Waals surface area contributed by atoms with Gasteiger partial charge >= 0.3 is 11.9 Å². The summed E-state index contributed by atoms with van der Waals surface area (Å²) < 4.78 is 0. The number of benzene rings is 1. The van der Waals surface area contributed by atoms with Gasteiger partial charge in [0.1, 0.15) is 0 Å². The van der Waals surface area contributed by atoms with Crippen molar-refractivity contribution in [1.82, 2.24) is 0 Å². The quantitative estimate of drug-likeness (QED) is 0.763. The fraction of sp³-hybridized carbons (Fsp3) is 0. The molecule has 0 amide bonds. The number of aromatic carboxylic acids is 2. The molecule has 2 radical (unpaired) electrons. The molecule has 0 aliphatic carbocycles. The molecule has 0 saturated heterocycles. The number of hydrogen-bond donors (Lipinski definition) is 2. The molecule has 1 aromatic rings. The van der Waals surface area contributed by atoms with Crippen molar-refractivity contribution in [3.05, 3.63) is 34.3 Å². The molecule has 0 fully saturated rings. The summed E-state index contributed by atoms with van der Waals surface area (Å²) in [4.78, 5) is 21.1. The molecule has 0 unspecified atom stereocenters. The fourth-order valence-electron chi connectivity index (χ4n) is 0.880. The van der Waals surface area contributed by atoms with E-state index in [1.165, 1.54) is 6.07 Å². The summed E-state index contributed by atoms with van der Waals surface area (Å²) in [6.07, 6.45) is 0. The second-order valence-corrected chi connectivity index (χ2v) is 2.74. The van der Waals surface area contributed by atoms with Gasteiger partial charge < -0.3 is 10.2 Å². The summed E-state index contributed by atoms with van der Waals surface area (Å²) in [6, 6.07) is 3.60. The molecule has 7 heteroatoms. The molecule has 1 aromatic carbocycles. The Morgan fingerprint density at radius 3 is 1.87 bits per heavy atom. The van der Waals surface area contributed by atoms with E-state index in [9.17, 15) is 9.59 Å². The first-order valence-electron chi connectivity index (χ1n) is 3.28. The van der Waals surface area contributed by atoms with Crippen molar-refractivity contribution >= 4 is 82.7 Å². The van der Waals surface area contributed by atoms with Gasteiger partial charge in [0, 0.05) is 64.1 Å². The van der Waals surface area contributed by atoms with E-state index in [0.29, 0.717) is 0 Å². The second-order valence-electron chi connectivity index (χ2n) is 2.30. The van der Waals surface area contributed by atoms with Gasteiger partial charge in [-0.05, 0) is 18.2 Å². The van der Waals surface area contributed by atoms with E-state index in [2.05, 4.69) is 0 Å². The van der Waals surface area contributed by atoms with Crippen LogP contribution >= 0.6 is 11.6 Å². The predicted octanol–water partition coefficient (Wildman–Crippen LogP) is 0.975. The van der Waals surface area contributed by atoms with E-state index in [-0.39, 0.29) is 75.3 Å². The zero-order valence-electron chi connectivity index (χ0n) is 8.32. The van der Waals surface area contributed by atoms with E-state index < -0.39 is 11.9 Å². The van der Waals surface area contributed by atoms with Crippen molar-refractivity contribution in [2.45, 2.75) is 0 Å². The number of carboxylic acids is 2. The van der Waals surface area contributed by atoms with Crippen molar-refractivity contribution in [2.75, 3.05) is 0 Å². The van der Waals surface area contributed by atoms with Crippen LogP contribution in [0.5, 0.6) is 0 Å². The minimum Gasteiger partial charge on any atom is -0.478 e. The van der Waals surface area contributed by atoms with Crippen molar-refractivity contribution in [3.8, 4) is 0 Å². The standard InChI is InChI=1S/C8H5ClO4.2Na/c9-4-1-2-5(7(10)11)6(3-4)8(12)13;;/h1-3H,(H,10,11)(H,12,13);;. The Kier molecular flexibility index (Phi) is 9.13. The average molecular weight is 247 g/mol. The van der Waals surface area contributed by atoms with Crippen molar-refractivity contribution in [2.24, 2.45) is 0 Å². The van der Waals surface area contributed by atoms with Crippen LogP contribution in [0.15, 0.2) is 18.2 Å². The number of carboxylic acid groups (broad SMARTS) is 2. The molecule has 0 spiro atoms. The van der Waals surface area contributed by atoms with Gasteiger partial charge in [0.15, 0.2) is 0 Å². The molecule has 70 valence electrons. The monoisotopic (exact) mass is 246 g/mol. The Balaban J connectivity index is 0. The van der Waals surface area contributed by atoms with Crippen LogP contribution < -0.4 is 0 Å².